The minimum Gasteiger partial charge on any atom is -0.490 e. The third kappa shape index (κ3) is 6.49. The molecule has 0 atom stereocenters. The van der Waals surface area contributed by atoms with E-state index in [1.54, 1.807) is 4.57 Å². The first kappa shape index (κ1) is 24.0. The van der Waals surface area contributed by atoms with Gasteiger partial charge in [0.1, 0.15) is 5.75 Å². The Morgan fingerprint density at radius 3 is 1.94 bits per heavy atom. The number of aliphatic hydroxyl groups is 2. The van der Waals surface area contributed by atoms with Crippen LogP contribution in [-0.2, 0) is 0 Å². The van der Waals surface area contributed by atoms with Gasteiger partial charge in [0.25, 0.3) is 0 Å². The summed E-state index contributed by atoms with van der Waals surface area (Å²) >= 11 is 0. The molecule has 1 heterocycles. The molecule has 3 saturated carbocycles. The smallest absolute Gasteiger partial charge is 0.332 e. The van der Waals surface area contributed by atoms with Gasteiger partial charge in [-0.1, -0.05) is 0 Å². The normalized spacial score (nSPS) is 28.2. The zero-order chi connectivity index (χ0) is 23.2. The Kier molecular flexibility index (Phi) is 8.28. The molecule has 0 amide bonds. The van der Waals surface area contributed by atoms with Crippen LogP contribution in [0.2, 0.25) is 0 Å². The van der Waals surface area contributed by atoms with E-state index in [4.69, 9.17) is 15.6 Å². The van der Waals surface area contributed by atoms with Crippen molar-refractivity contribution in [1.82, 2.24) is 9.13 Å². The van der Waals surface area contributed by atoms with Gasteiger partial charge in [0.05, 0.1) is 24.0 Å². The summed E-state index contributed by atoms with van der Waals surface area (Å²) < 4.78 is 9.49. The lowest BCUT2D eigenvalue weighted by atomic mass is 9.93. The highest BCUT2D eigenvalue weighted by Crippen LogP contribution is 2.28. The number of nitrogens with two attached hydrogens (primary N) is 1. The molecule has 0 aliphatic heterocycles. The standard InChI is InChI=1S/C20H26N2O3.C6H13NO/c23-17-9-5-15(6-10-17)21-13-14-22(20(21)24)16-7-11-19(12-8-16)25-18-3-1-2-4-18;7-5-1-3-6(8)4-2-5/h7-8,11-15,17-18,23H,1-6,9-10H2;5-6,8H,1-4,7H2. The van der Waals surface area contributed by atoms with Crippen molar-refractivity contribution in [2.45, 2.75) is 107 Å². The van der Waals surface area contributed by atoms with Crippen LogP contribution in [0.15, 0.2) is 41.5 Å². The summed E-state index contributed by atoms with van der Waals surface area (Å²) in [4.78, 5) is 12.7. The Labute approximate surface area is 196 Å². The number of imidazole rings is 1. The summed E-state index contributed by atoms with van der Waals surface area (Å²) in [6.45, 7) is 0. The fourth-order valence-electron chi connectivity index (χ4n) is 5.19. The van der Waals surface area contributed by atoms with E-state index in [1.165, 1.54) is 12.8 Å². The van der Waals surface area contributed by atoms with Crippen LogP contribution in [-0.4, -0.2) is 43.7 Å². The summed E-state index contributed by atoms with van der Waals surface area (Å²) in [6.07, 6.45) is 15.6. The minimum absolute atomic E-state index is 0.00847. The van der Waals surface area contributed by atoms with Crippen LogP contribution >= 0.6 is 0 Å². The van der Waals surface area contributed by atoms with Crippen LogP contribution in [0.5, 0.6) is 5.75 Å². The van der Waals surface area contributed by atoms with E-state index in [1.807, 2.05) is 41.2 Å². The number of ether oxygens (including phenoxy) is 1. The number of aromatic nitrogens is 2. The van der Waals surface area contributed by atoms with Crippen molar-refractivity contribution in [3.8, 4) is 11.4 Å². The van der Waals surface area contributed by atoms with Gasteiger partial charge in [-0.15, -0.1) is 0 Å². The third-order valence-corrected chi connectivity index (χ3v) is 7.32. The number of rotatable bonds is 4. The van der Waals surface area contributed by atoms with Gasteiger partial charge < -0.3 is 20.7 Å². The van der Waals surface area contributed by atoms with Gasteiger partial charge in [-0.3, -0.25) is 9.13 Å². The Balaban J connectivity index is 0.000000275. The van der Waals surface area contributed by atoms with Gasteiger partial charge in [-0.25, -0.2) is 4.79 Å². The van der Waals surface area contributed by atoms with Crippen LogP contribution in [0, 0.1) is 0 Å². The van der Waals surface area contributed by atoms with Gasteiger partial charge in [-0.2, -0.15) is 0 Å². The molecule has 4 N–H and O–H groups in total. The van der Waals surface area contributed by atoms with E-state index >= 15 is 0 Å². The summed E-state index contributed by atoms with van der Waals surface area (Å²) in [5.74, 6) is 0.879. The number of nitrogens with zero attached hydrogens (tertiary/aromatic N) is 2. The second-order valence-electron chi connectivity index (χ2n) is 9.91. The van der Waals surface area contributed by atoms with Crippen LogP contribution in [0.25, 0.3) is 5.69 Å². The molecule has 0 spiro atoms. The zero-order valence-corrected chi connectivity index (χ0v) is 19.5. The largest absolute Gasteiger partial charge is 0.490 e. The molecular weight excluding hydrogens is 418 g/mol. The maximum absolute atomic E-state index is 12.7. The average molecular weight is 458 g/mol. The molecule has 1 aromatic carbocycles. The number of hydrogen-bond acceptors (Lipinski definition) is 5. The fraction of sp³-hybridized carbons (Fsp3) is 0.654. The highest BCUT2D eigenvalue weighted by atomic mass is 16.5. The maximum atomic E-state index is 12.7. The van der Waals surface area contributed by atoms with Crippen molar-refractivity contribution in [2.24, 2.45) is 5.73 Å². The molecule has 0 bridgehead atoms. The van der Waals surface area contributed by atoms with E-state index in [2.05, 4.69) is 0 Å². The SMILES string of the molecule is NC1CCC(O)CC1.O=c1n(-c2ccc(OC3CCCC3)cc2)ccn1C1CCC(O)CC1. The predicted octanol–water partition coefficient (Wildman–Crippen LogP) is 3.69. The average Bonchev–Trinajstić information content (AvgIpc) is 3.47. The molecule has 0 saturated heterocycles. The Morgan fingerprint density at radius 2 is 1.36 bits per heavy atom. The summed E-state index contributed by atoms with van der Waals surface area (Å²) in [5.41, 5.74) is 6.44. The first-order valence-electron chi connectivity index (χ1n) is 12.7. The van der Waals surface area contributed by atoms with Crippen LogP contribution in [0.4, 0.5) is 0 Å². The summed E-state index contributed by atoms with van der Waals surface area (Å²) in [6, 6.07) is 8.35. The van der Waals surface area contributed by atoms with Crippen LogP contribution in [0.1, 0.15) is 83.1 Å². The molecule has 7 heteroatoms. The van der Waals surface area contributed by atoms with E-state index < -0.39 is 0 Å². The van der Waals surface area contributed by atoms with Crippen molar-refractivity contribution >= 4 is 0 Å². The topological polar surface area (TPSA) is 103 Å². The molecule has 7 nitrogen and oxygen atoms in total. The van der Waals surface area contributed by atoms with Gasteiger partial charge in [0, 0.05) is 24.5 Å². The Hall–Kier alpha value is -2.09. The summed E-state index contributed by atoms with van der Waals surface area (Å²) in [5, 5.41) is 18.6. The molecule has 2 aromatic rings. The van der Waals surface area contributed by atoms with Crippen molar-refractivity contribution in [3.63, 3.8) is 0 Å². The summed E-state index contributed by atoms with van der Waals surface area (Å²) in [7, 11) is 0. The second kappa shape index (κ2) is 11.4. The third-order valence-electron chi connectivity index (χ3n) is 7.32. The fourth-order valence-corrected chi connectivity index (χ4v) is 5.19. The maximum Gasteiger partial charge on any atom is 0.332 e. The monoisotopic (exact) mass is 457 g/mol. The highest BCUT2D eigenvalue weighted by molar-refractivity contribution is 5.37. The first-order chi connectivity index (χ1) is 16.0. The number of aliphatic hydroxyl groups excluding tert-OH is 2. The molecule has 33 heavy (non-hydrogen) atoms. The quantitative estimate of drug-likeness (QED) is 0.650. The van der Waals surface area contributed by atoms with E-state index in [0.717, 1.165) is 75.6 Å². The van der Waals surface area contributed by atoms with Crippen LogP contribution in [0.3, 0.4) is 0 Å². The molecule has 3 aliphatic carbocycles. The lowest BCUT2D eigenvalue weighted by Crippen LogP contribution is -2.29. The molecule has 1 aromatic heterocycles. The van der Waals surface area contributed by atoms with E-state index in [-0.39, 0.29) is 23.9 Å². The van der Waals surface area contributed by atoms with Gasteiger partial charge >= 0.3 is 5.69 Å². The number of hydrogen-bond donors (Lipinski definition) is 3. The van der Waals surface area contributed by atoms with E-state index in [0.29, 0.717) is 12.1 Å². The Bertz CT molecular complexity index is 890. The first-order valence-corrected chi connectivity index (χ1v) is 12.7. The molecule has 3 aliphatic rings. The number of benzene rings is 1. The van der Waals surface area contributed by atoms with Gasteiger partial charge in [-0.05, 0) is 101 Å². The highest BCUT2D eigenvalue weighted by Gasteiger charge is 2.23. The zero-order valence-electron chi connectivity index (χ0n) is 19.5. The molecule has 0 radical (unpaired) electrons. The molecule has 182 valence electrons. The minimum atomic E-state index is -0.207. The Morgan fingerprint density at radius 1 is 0.788 bits per heavy atom. The van der Waals surface area contributed by atoms with Gasteiger partial charge in [0.15, 0.2) is 0 Å². The van der Waals surface area contributed by atoms with Crippen molar-refractivity contribution in [2.75, 3.05) is 0 Å². The van der Waals surface area contributed by atoms with Crippen molar-refractivity contribution in [3.05, 3.63) is 47.1 Å². The second-order valence-corrected chi connectivity index (χ2v) is 9.91. The van der Waals surface area contributed by atoms with Gasteiger partial charge in [0.2, 0.25) is 0 Å². The predicted molar refractivity (Wildman–Crippen MR) is 129 cm³/mol. The van der Waals surface area contributed by atoms with Crippen molar-refractivity contribution < 1.29 is 14.9 Å². The van der Waals surface area contributed by atoms with Crippen LogP contribution < -0.4 is 16.2 Å². The molecule has 5 rings (SSSR count). The molecular formula is C26H39N3O4. The van der Waals surface area contributed by atoms with Crippen molar-refractivity contribution in [1.29, 1.82) is 0 Å². The molecule has 3 fully saturated rings. The lowest BCUT2D eigenvalue weighted by Gasteiger charge is -2.25. The van der Waals surface area contributed by atoms with E-state index in [9.17, 15) is 9.90 Å². The lowest BCUT2D eigenvalue weighted by molar-refractivity contribution is 0.110. The molecule has 0 unspecified atom stereocenters.